The Labute approximate surface area is 267 Å². The molecule has 0 spiro atoms. The summed E-state index contributed by atoms with van der Waals surface area (Å²) in [6, 6.07) is 6.91. The second-order valence-electron chi connectivity index (χ2n) is 13.8. The number of ketones is 1. The van der Waals surface area contributed by atoms with Crippen LogP contribution in [0.3, 0.4) is 0 Å². The van der Waals surface area contributed by atoms with E-state index in [0.29, 0.717) is 24.2 Å². The van der Waals surface area contributed by atoms with E-state index < -0.39 is 0 Å². The number of Topliss-reactive ketones (excluding diaryl/α,β-unsaturated/α-hetero) is 1. The molecule has 1 atom stereocenters. The molecule has 0 aliphatic carbocycles. The number of fused-ring (bicyclic) bond motifs is 2. The Kier molecular flexibility index (Phi) is 9.14. The molecule has 0 radical (unpaired) electrons. The number of aromatic nitrogens is 4. The molecule has 6 rings (SSSR count). The molecule has 3 aromatic heterocycles. The highest BCUT2D eigenvalue weighted by molar-refractivity contribution is 5.93. The number of carbonyl (C=O) groups is 2. The maximum atomic E-state index is 13.4. The maximum Gasteiger partial charge on any atom is 0.236 e. The standard InChI is InChI=1S/C37H50N6O2/c1-7-26(8-2)36(45)29-10-9-15-41(19-29)21-33(44)42-16-13-27(14-17-42)28-11-12-32-30(18-28)34(23(3)4)35(40-32)31-20-43-37(38-22-39-43)25(6)24(31)5/h11-12,18,20,22-23,26-27,29,40H,7-10,13-17,19,21H2,1-6H3. The predicted octanol–water partition coefficient (Wildman–Crippen LogP) is 7.04. The molecule has 8 nitrogen and oxygen atoms in total. The Bertz CT molecular complexity index is 1690. The summed E-state index contributed by atoms with van der Waals surface area (Å²) in [5, 5.41) is 5.72. The highest BCUT2D eigenvalue weighted by Crippen LogP contribution is 2.40. The average molecular weight is 611 g/mol. The smallest absolute Gasteiger partial charge is 0.236 e. The van der Waals surface area contributed by atoms with Crippen molar-refractivity contribution < 1.29 is 9.59 Å². The Hall–Kier alpha value is -3.52. The zero-order valence-corrected chi connectivity index (χ0v) is 28.0. The summed E-state index contributed by atoms with van der Waals surface area (Å²) in [6.45, 7) is 16.7. The SMILES string of the molecule is CCC(CC)C(=O)C1CCCN(CC(=O)N2CCC(c3ccc4[nH]c(-c5cn6ncnc6c(C)c5C)c(C(C)C)c4c3)CC2)C1. The van der Waals surface area contributed by atoms with Crippen LogP contribution in [-0.2, 0) is 9.59 Å². The first-order valence-electron chi connectivity index (χ1n) is 17.2. The van der Waals surface area contributed by atoms with Gasteiger partial charge >= 0.3 is 0 Å². The van der Waals surface area contributed by atoms with Crippen LogP contribution in [0.25, 0.3) is 27.8 Å². The lowest BCUT2D eigenvalue weighted by Gasteiger charge is -2.36. The van der Waals surface area contributed by atoms with Crippen LogP contribution < -0.4 is 0 Å². The fourth-order valence-corrected chi connectivity index (χ4v) is 7.96. The van der Waals surface area contributed by atoms with Crippen LogP contribution in [-0.4, -0.2) is 73.8 Å². The molecule has 1 amide bonds. The summed E-state index contributed by atoms with van der Waals surface area (Å²) in [4.78, 5) is 38.9. The highest BCUT2D eigenvalue weighted by Gasteiger charge is 2.32. The molecule has 0 saturated carbocycles. The van der Waals surface area contributed by atoms with Crippen molar-refractivity contribution in [2.75, 3.05) is 32.7 Å². The summed E-state index contributed by atoms with van der Waals surface area (Å²) >= 11 is 0. The Morgan fingerprint density at radius 2 is 1.78 bits per heavy atom. The van der Waals surface area contributed by atoms with Crippen LogP contribution in [0.15, 0.2) is 30.7 Å². The van der Waals surface area contributed by atoms with Crippen molar-refractivity contribution in [3.05, 3.63) is 53.0 Å². The Morgan fingerprint density at radius 3 is 2.49 bits per heavy atom. The van der Waals surface area contributed by atoms with Gasteiger partial charge in [0.15, 0.2) is 5.65 Å². The van der Waals surface area contributed by atoms with Gasteiger partial charge in [-0.15, -0.1) is 0 Å². The summed E-state index contributed by atoms with van der Waals surface area (Å²) in [5.41, 5.74) is 9.45. The van der Waals surface area contributed by atoms with Crippen LogP contribution in [0.1, 0.15) is 100 Å². The van der Waals surface area contributed by atoms with Gasteiger partial charge in [-0.05, 0) is 105 Å². The van der Waals surface area contributed by atoms with Gasteiger partial charge in [0.2, 0.25) is 5.91 Å². The van der Waals surface area contributed by atoms with Crippen molar-refractivity contribution in [2.45, 2.75) is 91.9 Å². The van der Waals surface area contributed by atoms with Gasteiger partial charge in [0.25, 0.3) is 0 Å². The molecule has 240 valence electrons. The van der Waals surface area contributed by atoms with E-state index in [1.54, 1.807) is 6.33 Å². The first-order chi connectivity index (χ1) is 21.7. The van der Waals surface area contributed by atoms with E-state index in [2.05, 4.69) is 90.8 Å². The van der Waals surface area contributed by atoms with Crippen molar-refractivity contribution >= 4 is 28.2 Å². The molecule has 2 aliphatic rings. The largest absolute Gasteiger partial charge is 0.354 e. The maximum absolute atomic E-state index is 13.4. The van der Waals surface area contributed by atoms with Gasteiger partial charge in [-0.25, -0.2) is 9.50 Å². The minimum absolute atomic E-state index is 0.0835. The van der Waals surface area contributed by atoms with Crippen molar-refractivity contribution in [3.63, 3.8) is 0 Å². The number of hydrogen-bond acceptors (Lipinski definition) is 5. The second-order valence-corrected chi connectivity index (χ2v) is 13.8. The fraction of sp³-hybridized carbons (Fsp3) is 0.568. The molecular weight excluding hydrogens is 560 g/mol. The summed E-state index contributed by atoms with van der Waals surface area (Å²) in [6.07, 6.45) is 9.46. The number of H-pyrrole nitrogens is 1. The van der Waals surface area contributed by atoms with Gasteiger partial charge in [-0.3, -0.25) is 14.5 Å². The second kappa shape index (κ2) is 13.1. The van der Waals surface area contributed by atoms with E-state index in [1.165, 1.54) is 27.6 Å². The van der Waals surface area contributed by atoms with Crippen molar-refractivity contribution in [1.29, 1.82) is 0 Å². The van der Waals surface area contributed by atoms with Crippen molar-refractivity contribution in [3.8, 4) is 11.3 Å². The first kappa shape index (κ1) is 31.5. The predicted molar refractivity (Wildman–Crippen MR) is 181 cm³/mol. The molecule has 2 aliphatic heterocycles. The number of likely N-dealkylation sites (tertiary alicyclic amines) is 2. The van der Waals surface area contributed by atoms with Crippen LogP contribution in [0.4, 0.5) is 0 Å². The molecule has 1 unspecified atom stereocenters. The van der Waals surface area contributed by atoms with Crippen LogP contribution in [0.5, 0.6) is 0 Å². The first-order valence-corrected chi connectivity index (χ1v) is 17.2. The van der Waals surface area contributed by atoms with Crippen molar-refractivity contribution in [1.82, 2.24) is 29.4 Å². The third-order valence-electron chi connectivity index (χ3n) is 10.8. The van der Waals surface area contributed by atoms with E-state index in [9.17, 15) is 9.59 Å². The molecule has 5 heterocycles. The minimum Gasteiger partial charge on any atom is -0.354 e. The monoisotopic (exact) mass is 610 g/mol. The van der Waals surface area contributed by atoms with Crippen LogP contribution in [0, 0.1) is 25.7 Å². The highest BCUT2D eigenvalue weighted by atomic mass is 16.2. The molecular formula is C37H50N6O2. The zero-order valence-electron chi connectivity index (χ0n) is 28.0. The molecule has 2 saturated heterocycles. The van der Waals surface area contributed by atoms with E-state index in [4.69, 9.17) is 0 Å². The number of nitrogens with one attached hydrogen (secondary N) is 1. The number of aromatic amines is 1. The third-order valence-corrected chi connectivity index (χ3v) is 10.8. The number of carbonyl (C=O) groups excluding carboxylic acids is 2. The van der Waals surface area contributed by atoms with Crippen LogP contribution in [0.2, 0.25) is 0 Å². The van der Waals surface area contributed by atoms with Crippen molar-refractivity contribution in [2.24, 2.45) is 11.8 Å². The number of rotatable bonds is 9. The summed E-state index contributed by atoms with van der Waals surface area (Å²) in [7, 11) is 0. The number of amides is 1. The van der Waals surface area contributed by atoms with E-state index in [0.717, 1.165) is 87.1 Å². The van der Waals surface area contributed by atoms with E-state index in [-0.39, 0.29) is 17.7 Å². The number of pyridine rings is 1. The van der Waals surface area contributed by atoms with Gasteiger partial charge in [0.1, 0.15) is 12.1 Å². The lowest BCUT2D eigenvalue weighted by molar-refractivity contribution is -0.136. The number of hydrogen-bond donors (Lipinski definition) is 1. The quantitative estimate of drug-likeness (QED) is 0.220. The normalized spacial score (nSPS) is 18.6. The number of nitrogens with zero attached hydrogens (tertiary/aromatic N) is 5. The van der Waals surface area contributed by atoms with Gasteiger partial charge in [-0.1, -0.05) is 33.8 Å². The van der Waals surface area contributed by atoms with Gasteiger partial charge < -0.3 is 9.88 Å². The number of aryl methyl sites for hydroxylation is 1. The molecule has 45 heavy (non-hydrogen) atoms. The topological polar surface area (TPSA) is 86.6 Å². The van der Waals surface area contributed by atoms with E-state index >= 15 is 0 Å². The minimum atomic E-state index is 0.0835. The van der Waals surface area contributed by atoms with Gasteiger partial charge in [0, 0.05) is 54.1 Å². The molecule has 2 fully saturated rings. The lowest BCUT2D eigenvalue weighted by atomic mass is 9.84. The van der Waals surface area contributed by atoms with E-state index in [1.807, 2.05) is 4.52 Å². The van der Waals surface area contributed by atoms with Crippen LogP contribution >= 0.6 is 0 Å². The molecule has 0 bridgehead atoms. The average Bonchev–Trinajstić information content (AvgIpc) is 3.68. The Balaban J connectivity index is 1.15. The number of piperidine rings is 2. The molecule has 1 aromatic carbocycles. The van der Waals surface area contributed by atoms with Gasteiger partial charge in [0.05, 0.1) is 12.2 Å². The van der Waals surface area contributed by atoms with Gasteiger partial charge in [-0.2, -0.15) is 5.10 Å². The molecule has 1 N–H and O–H groups in total. The zero-order chi connectivity index (χ0) is 31.8. The summed E-state index contributed by atoms with van der Waals surface area (Å²) in [5.74, 6) is 1.65. The molecule has 8 heteroatoms. The fourth-order valence-electron chi connectivity index (χ4n) is 7.96. The number of benzene rings is 1. The summed E-state index contributed by atoms with van der Waals surface area (Å²) < 4.78 is 1.88. The lowest BCUT2D eigenvalue weighted by Crippen LogP contribution is -2.47. The molecule has 4 aromatic rings. The third kappa shape index (κ3) is 6.06. The Morgan fingerprint density at radius 1 is 1.02 bits per heavy atom.